The van der Waals surface area contributed by atoms with Crippen LogP contribution in [0.15, 0.2) is 60.7 Å². The summed E-state index contributed by atoms with van der Waals surface area (Å²) in [5.74, 6) is -3.26. The number of esters is 3. The molecule has 1 N–H and O–H groups in total. The molecular weight excluding hydrogens is 422 g/mol. The molecule has 0 bridgehead atoms. The van der Waals surface area contributed by atoms with Crippen LogP contribution in [0.3, 0.4) is 0 Å². The van der Waals surface area contributed by atoms with Crippen LogP contribution in [0, 0.1) is 5.92 Å². The minimum Gasteiger partial charge on any atom is -0.468 e. The van der Waals surface area contributed by atoms with Gasteiger partial charge in [-0.3, -0.25) is 9.59 Å². The van der Waals surface area contributed by atoms with Crippen LogP contribution in [0.1, 0.15) is 36.1 Å². The molecule has 0 spiro atoms. The van der Waals surface area contributed by atoms with Crippen LogP contribution in [0.5, 0.6) is 0 Å². The Hall–Kier alpha value is -3.87. The lowest BCUT2D eigenvalue weighted by molar-refractivity contribution is -0.159. The second-order valence-electron chi connectivity index (χ2n) is 7.38. The van der Waals surface area contributed by atoms with E-state index in [0.29, 0.717) is 5.69 Å². The molecule has 0 radical (unpaired) electrons. The molecular formula is C26H27NO6. The van der Waals surface area contributed by atoms with Gasteiger partial charge in [0.1, 0.15) is 0 Å². The van der Waals surface area contributed by atoms with E-state index in [2.05, 4.69) is 4.98 Å². The molecule has 1 atom stereocenters. The lowest BCUT2D eigenvalue weighted by atomic mass is 9.82. The second kappa shape index (κ2) is 11.1. The molecule has 3 rings (SSSR count). The molecule has 7 nitrogen and oxygen atoms in total. The molecule has 7 heteroatoms. The molecule has 1 aromatic heterocycles. The van der Waals surface area contributed by atoms with Crippen LogP contribution in [-0.4, -0.2) is 43.7 Å². The molecule has 0 aliphatic heterocycles. The number of benzene rings is 2. The first kappa shape index (κ1) is 23.8. The van der Waals surface area contributed by atoms with E-state index in [1.54, 1.807) is 13.0 Å². The number of ether oxygens (including phenoxy) is 3. The third-order valence-electron chi connectivity index (χ3n) is 5.44. The van der Waals surface area contributed by atoms with Gasteiger partial charge in [-0.2, -0.15) is 0 Å². The molecule has 0 aliphatic rings. The Balaban J connectivity index is 2.18. The Labute approximate surface area is 192 Å². The fourth-order valence-corrected chi connectivity index (χ4v) is 3.95. The van der Waals surface area contributed by atoms with E-state index in [1.165, 1.54) is 20.3 Å². The zero-order chi connectivity index (χ0) is 23.8. The summed E-state index contributed by atoms with van der Waals surface area (Å²) in [4.78, 5) is 40.3. The summed E-state index contributed by atoms with van der Waals surface area (Å²) in [6, 6.07) is 17.3. The molecule has 0 amide bonds. The van der Waals surface area contributed by atoms with E-state index >= 15 is 0 Å². The van der Waals surface area contributed by atoms with Gasteiger partial charge in [0.25, 0.3) is 0 Å². The Kier molecular flexibility index (Phi) is 8.02. The fourth-order valence-electron chi connectivity index (χ4n) is 3.95. The van der Waals surface area contributed by atoms with E-state index < -0.39 is 23.8 Å². The summed E-state index contributed by atoms with van der Waals surface area (Å²) >= 11 is 0. The number of carbonyl (C=O) groups excluding carboxylic acids is 3. The summed E-state index contributed by atoms with van der Waals surface area (Å²) in [6.07, 6.45) is 3.15. The third kappa shape index (κ3) is 5.49. The zero-order valence-corrected chi connectivity index (χ0v) is 18.9. The van der Waals surface area contributed by atoms with Crippen molar-refractivity contribution < 1.29 is 28.6 Å². The van der Waals surface area contributed by atoms with Gasteiger partial charge in [-0.25, -0.2) is 4.79 Å². The van der Waals surface area contributed by atoms with Gasteiger partial charge in [0.2, 0.25) is 0 Å². The predicted molar refractivity (Wildman–Crippen MR) is 124 cm³/mol. The maximum atomic E-state index is 12.5. The number of rotatable bonds is 9. The quantitative estimate of drug-likeness (QED) is 0.227. The molecule has 1 unspecified atom stereocenters. The molecule has 33 heavy (non-hydrogen) atoms. The first-order chi connectivity index (χ1) is 16.0. The van der Waals surface area contributed by atoms with E-state index in [0.717, 1.165) is 22.0 Å². The zero-order valence-electron chi connectivity index (χ0n) is 18.9. The Morgan fingerprint density at radius 3 is 2.21 bits per heavy atom. The molecule has 0 aliphatic carbocycles. The highest BCUT2D eigenvalue weighted by molar-refractivity contribution is 5.96. The summed E-state index contributed by atoms with van der Waals surface area (Å²) in [6.45, 7) is 2.01. The maximum Gasteiger partial charge on any atom is 0.330 e. The molecule has 172 valence electrons. The van der Waals surface area contributed by atoms with Gasteiger partial charge in [0.15, 0.2) is 5.92 Å². The summed E-state index contributed by atoms with van der Waals surface area (Å²) in [5, 5.41) is 0.920. The largest absolute Gasteiger partial charge is 0.468 e. The van der Waals surface area contributed by atoms with E-state index in [1.807, 2.05) is 54.6 Å². The van der Waals surface area contributed by atoms with Crippen molar-refractivity contribution in [2.24, 2.45) is 5.92 Å². The predicted octanol–water partition coefficient (Wildman–Crippen LogP) is 4.23. The highest BCUT2D eigenvalue weighted by atomic mass is 16.5. The summed E-state index contributed by atoms with van der Waals surface area (Å²) in [7, 11) is 2.49. The van der Waals surface area contributed by atoms with Crippen LogP contribution in [0.4, 0.5) is 0 Å². The molecule has 0 saturated heterocycles. The van der Waals surface area contributed by atoms with Gasteiger partial charge < -0.3 is 19.2 Å². The smallest absolute Gasteiger partial charge is 0.330 e. The normalized spacial score (nSPS) is 12.1. The minimum atomic E-state index is -1.11. The number of para-hydroxylation sites is 1. The maximum absolute atomic E-state index is 12.5. The average molecular weight is 450 g/mol. The second-order valence-corrected chi connectivity index (χ2v) is 7.38. The first-order valence-corrected chi connectivity index (χ1v) is 10.7. The van der Waals surface area contributed by atoms with Gasteiger partial charge in [0.05, 0.1) is 20.8 Å². The Morgan fingerprint density at radius 2 is 1.58 bits per heavy atom. The number of nitrogens with one attached hydrogen (secondary N) is 1. The SMILES string of the molecule is CCOC(=O)/C=C/c1[nH]c2ccccc2c1C(CC(C(=O)OC)C(=O)OC)c1ccccc1. The van der Waals surface area contributed by atoms with Gasteiger partial charge in [-0.15, -0.1) is 0 Å². The van der Waals surface area contributed by atoms with Crippen molar-refractivity contribution in [3.8, 4) is 0 Å². The summed E-state index contributed by atoms with van der Waals surface area (Å²) < 4.78 is 14.8. The minimum absolute atomic E-state index is 0.130. The number of aromatic amines is 1. The number of methoxy groups -OCH3 is 2. The number of hydrogen-bond acceptors (Lipinski definition) is 6. The van der Waals surface area contributed by atoms with Crippen molar-refractivity contribution >= 4 is 34.9 Å². The van der Waals surface area contributed by atoms with Crippen LogP contribution in [0.2, 0.25) is 0 Å². The van der Waals surface area contributed by atoms with Gasteiger partial charge in [0, 0.05) is 28.6 Å². The van der Waals surface area contributed by atoms with Crippen molar-refractivity contribution in [1.82, 2.24) is 4.98 Å². The fraction of sp³-hybridized carbons (Fsp3) is 0.269. The third-order valence-corrected chi connectivity index (χ3v) is 5.44. The van der Waals surface area contributed by atoms with Crippen molar-refractivity contribution in [3.63, 3.8) is 0 Å². The highest BCUT2D eigenvalue weighted by Gasteiger charge is 2.34. The first-order valence-electron chi connectivity index (χ1n) is 10.7. The van der Waals surface area contributed by atoms with Crippen molar-refractivity contribution in [2.45, 2.75) is 19.3 Å². The van der Waals surface area contributed by atoms with Gasteiger partial charge in [-0.1, -0.05) is 48.5 Å². The van der Waals surface area contributed by atoms with E-state index in [9.17, 15) is 14.4 Å². The number of carbonyl (C=O) groups is 3. The molecule has 0 saturated carbocycles. The topological polar surface area (TPSA) is 94.7 Å². The van der Waals surface area contributed by atoms with Gasteiger partial charge in [-0.05, 0) is 36.6 Å². The number of hydrogen-bond donors (Lipinski definition) is 1. The average Bonchev–Trinajstić information content (AvgIpc) is 3.21. The van der Waals surface area contributed by atoms with Crippen molar-refractivity contribution in [1.29, 1.82) is 0 Å². The standard InChI is InChI=1S/C26H27NO6/c1-4-33-23(28)15-14-22-24(18-12-8-9-13-21(18)27-22)19(17-10-6-5-7-11-17)16-20(25(29)31-2)26(30)32-3/h5-15,19-20,27H,4,16H2,1-3H3/b15-14+. The van der Waals surface area contributed by atoms with Crippen molar-refractivity contribution in [3.05, 3.63) is 77.5 Å². The lowest BCUT2D eigenvalue weighted by Gasteiger charge is -2.22. The summed E-state index contributed by atoms with van der Waals surface area (Å²) in [5.41, 5.74) is 3.32. The van der Waals surface area contributed by atoms with E-state index in [-0.39, 0.29) is 18.9 Å². The highest BCUT2D eigenvalue weighted by Crippen LogP contribution is 2.39. The monoisotopic (exact) mass is 449 g/mol. The van der Waals surface area contributed by atoms with Crippen LogP contribution in [-0.2, 0) is 28.6 Å². The molecule has 3 aromatic rings. The number of H-pyrrole nitrogens is 1. The number of fused-ring (bicyclic) bond motifs is 1. The Bertz CT molecular complexity index is 1130. The van der Waals surface area contributed by atoms with Crippen LogP contribution in [0.25, 0.3) is 17.0 Å². The molecule has 1 heterocycles. The van der Waals surface area contributed by atoms with Crippen molar-refractivity contribution in [2.75, 3.05) is 20.8 Å². The molecule has 0 fully saturated rings. The number of aromatic nitrogens is 1. The Morgan fingerprint density at radius 1 is 0.939 bits per heavy atom. The van der Waals surface area contributed by atoms with E-state index in [4.69, 9.17) is 14.2 Å². The molecule has 2 aromatic carbocycles. The van der Waals surface area contributed by atoms with Gasteiger partial charge >= 0.3 is 17.9 Å². The van der Waals surface area contributed by atoms with Crippen LogP contribution < -0.4 is 0 Å². The van der Waals surface area contributed by atoms with Crippen LogP contribution >= 0.6 is 0 Å². The lowest BCUT2D eigenvalue weighted by Crippen LogP contribution is -2.28.